The fourth-order valence-corrected chi connectivity index (χ4v) is 4.46. The third-order valence-electron chi connectivity index (χ3n) is 4.80. The Hall–Kier alpha value is -2.59. The first-order valence-electron chi connectivity index (χ1n) is 9.69. The summed E-state index contributed by atoms with van der Waals surface area (Å²) in [5, 5.41) is 3.10. The summed E-state index contributed by atoms with van der Waals surface area (Å²) in [6, 6.07) is 18.2. The lowest BCUT2D eigenvalue weighted by Crippen LogP contribution is -2.27. The molecule has 0 spiro atoms. The van der Waals surface area contributed by atoms with E-state index in [4.69, 9.17) is 5.73 Å². The van der Waals surface area contributed by atoms with Crippen molar-refractivity contribution < 1.29 is 4.79 Å². The highest BCUT2D eigenvalue weighted by Crippen LogP contribution is 2.31. The van der Waals surface area contributed by atoms with Gasteiger partial charge in [-0.25, -0.2) is 0 Å². The van der Waals surface area contributed by atoms with E-state index in [9.17, 15) is 4.79 Å². The number of hydrogen-bond donors (Lipinski definition) is 2. The Bertz CT molecular complexity index is 974. The smallest absolute Gasteiger partial charge is 0.252 e. The summed E-state index contributed by atoms with van der Waals surface area (Å²) in [6.07, 6.45) is 1.11. The minimum atomic E-state index is -0.0990. The van der Waals surface area contributed by atoms with E-state index in [0.29, 0.717) is 17.2 Å². The molecule has 1 aromatic heterocycles. The largest absolute Gasteiger partial charge is 0.399 e. The topological polar surface area (TPSA) is 55.1 Å². The quantitative estimate of drug-likeness (QED) is 0.506. The lowest BCUT2D eigenvalue weighted by Gasteiger charge is -2.16. The Morgan fingerprint density at radius 1 is 1.07 bits per heavy atom. The average Bonchev–Trinajstić information content (AvgIpc) is 3.11. The number of carbonyl (C=O) groups is 1. The Morgan fingerprint density at radius 2 is 1.86 bits per heavy atom. The van der Waals surface area contributed by atoms with Crippen molar-refractivity contribution in [1.82, 2.24) is 5.32 Å². The highest BCUT2D eigenvalue weighted by atomic mass is 32.1. The molecule has 1 amide bonds. The van der Waals surface area contributed by atoms with Crippen LogP contribution in [0.1, 0.15) is 53.2 Å². The maximum Gasteiger partial charge on any atom is 0.252 e. The molecule has 146 valence electrons. The molecule has 1 atom stereocenters. The molecule has 0 aliphatic heterocycles. The summed E-state index contributed by atoms with van der Waals surface area (Å²) in [5.74, 6) is 0.557. The van der Waals surface area contributed by atoms with Crippen molar-refractivity contribution in [2.24, 2.45) is 5.92 Å². The molecule has 1 unspecified atom stereocenters. The number of anilines is 1. The van der Waals surface area contributed by atoms with Crippen molar-refractivity contribution in [2.45, 2.75) is 40.2 Å². The molecular formula is C24H28N2OS. The molecule has 0 aliphatic carbocycles. The zero-order valence-corrected chi connectivity index (χ0v) is 17.8. The Labute approximate surface area is 171 Å². The number of aryl methyl sites for hydroxylation is 1. The third-order valence-corrected chi connectivity index (χ3v) is 5.95. The van der Waals surface area contributed by atoms with Crippen molar-refractivity contribution in [2.75, 3.05) is 5.73 Å². The van der Waals surface area contributed by atoms with Gasteiger partial charge in [0, 0.05) is 21.0 Å². The van der Waals surface area contributed by atoms with E-state index in [1.54, 1.807) is 6.07 Å². The summed E-state index contributed by atoms with van der Waals surface area (Å²) in [5.41, 5.74) is 10.3. The van der Waals surface area contributed by atoms with Gasteiger partial charge in [-0.1, -0.05) is 38.1 Å². The fraction of sp³-hybridized carbons (Fsp3) is 0.292. The van der Waals surface area contributed by atoms with Gasteiger partial charge in [0.1, 0.15) is 0 Å². The van der Waals surface area contributed by atoms with Crippen LogP contribution in [-0.4, -0.2) is 5.91 Å². The molecule has 0 fully saturated rings. The SMILES string of the molecule is Cc1ccc(N)cc1C(=O)NC(C)c1cccc(-c2ccc(CC(C)C)s2)c1. The van der Waals surface area contributed by atoms with Crippen molar-refractivity contribution in [3.63, 3.8) is 0 Å². The lowest BCUT2D eigenvalue weighted by atomic mass is 10.0. The highest BCUT2D eigenvalue weighted by Gasteiger charge is 2.15. The van der Waals surface area contributed by atoms with Crippen LogP contribution in [0.2, 0.25) is 0 Å². The van der Waals surface area contributed by atoms with Crippen molar-refractivity contribution in [1.29, 1.82) is 0 Å². The molecule has 0 saturated heterocycles. The number of nitrogen functional groups attached to an aromatic ring is 1. The second kappa shape index (κ2) is 8.61. The van der Waals surface area contributed by atoms with E-state index in [2.05, 4.69) is 55.6 Å². The van der Waals surface area contributed by atoms with E-state index in [-0.39, 0.29) is 11.9 Å². The zero-order valence-electron chi connectivity index (χ0n) is 17.0. The van der Waals surface area contributed by atoms with Gasteiger partial charge in [0.2, 0.25) is 0 Å². The van der Waals surface area contributed by atoms with Crippen LogP contribution in [0.25, 0.3) is 10.4 Å². The van der Waals surface area contributed by atoms with Crippen LogP contribution in [0, 0.1) is 12.8 Å². The molecule has 3 rings (SSSR count). The summed E-state index contributed by atoms with van der Waals surface area (Å²) < 4.78 is 0. The third kappa shape index (κ3) is 4.82. The minimum Gasteiger partial charge on any atom is -0.399 e. The monoisotopic (exact) mass is 392 g/mol. The number of benzene rings is 2. The van der Waals surface area contributed by atoms with Gasteiger partial charge in [-0.2, -0.15) is 0 Å². The van der Waals surface area contributed by atoms with Gasteiger partial charge in [-0.3, -0.25) is 4.79 Å². The van der Waals surface area contributed by atoms with Crippen LogP contribution in [0.4, 0.5) is 5.69 Å². The predicted molar refractivity (Wildman–Crippen MR) is 120 cm³/mol. The first kappa shape index (κ1) is 20.2. The second-order valence-electron chi connectivity index (χ2n) is 7.76. The van der Waals surface area contributed by atoms with Crippen LogP contribution in [0.5, 0.6) is 0 Å². The van der Waals surface area contributed by atoms with E-state index >= 15 is 0 Å². The molecule has 3 N–H and O–H groups in total. The Morgan fingerprint density at radius 3 is 2.61 bits per heavy atom. The van der Waals surface area contributed by atoms with Crippen LogP contribution in [0.3, 0.4) is 0 Å². The van der Waals surface area contributed by atoms with Crippen LogP contribution in [0.15, 0.2) is 54.6 Å². The number of hydrogen-bond acceptors (Lipinski definition) is 3. The number of carbonyl (C=O) groups excluding carboxylic acids is 1. The van der Waals surface area contributed by atoms with Gasteiger partial charge < -0.3 is 11.1 Å². The standard InChI is InChI=1S/C24H28N2OS/c1-15(2)12-21-10-11-23(28-21)19-7-5-6-18(13-19)17(4)26-24(27)22-14-20(25)9-8-16(22)3/h5-11,13-15,17H,12,25H2,1-4H3,(H,26,27). The first-order valence-corrected chi connectivity index (χ1v) is 10.5. The fourth-order valence-electron chi connectivity index (χ4n) is 3.25. The highest BCUT2D eigenvalue weighted by molar-refractivity contribution is 7.15. The Balaban J connectivity index is 1.77. The Kier molecular flexibility index (Phi) is 6.20. The van der Waals surface area contributed by atoms with Crippen LogP contribution >= 0.6 is 11.3 Å². The zero-order chi connectivity index (χ0) is 20.3. The normalized spacial score (nSPS) is 12.2. The maximum absolute atomic E-state index is 12.7. The van der Waals surface area contributed by atoms with E-state index in [0.717, 1.165) is 17.5 Å². The van der Waals surface area contributed by atoms with Gasteiger partial charge in [-0.05, 0) is 73.2 Å². The molecule has 28 heavy (non-hydrogen) atoms. The lowest BCUT2D eigenvalue weighted by molar-refractivity contribution is 0.0939. The molecular weight excluding hydrogens is 364 g/mol. The maximum atomic E-state index is 12.7. The van der Waals surface area contributed by atoms with Crippen molar-refractivity contribution in [3.8, 4) is 10.4 Å². The van der Waals surface area contributed by atoms with Gasteiger partial charge in [-0.15, -0.1) is 11.3 Å². The number of nitrogens with one attached hydrogen (secondary N) is 1. The number of amides is 1. The number of thiophene rings is 1. The molecule has 3 nitrogen and oxygen atoms in total. The molecule has 4 heteroatoms. The molecule has 0 aliphatic rings. The first-order chi connectivity index (χ1) is 13.3. The van der Waals surface area contributed by atoms with Crippen LogP contribution in [-0.2, 0) is 6.42 Å². The molecule has 0 radical (unpaired) electrons. The molecule has 1 heterocycles. The van der Waals surface area contributed by atoms with E-state index in [1.807, 2.05) is 37.3 Å². The summed E-state index contributed by atoms with van der Waals surface area (Å²) >= 11 is 1.85. The van der Waals surface area contributed by atoms with E-state index < -0.39 is 0 Å². The summed E-state index contributed by atoms with van der Waals surface area (Å²) in [4.78, 5) is 15.4. The molecule has 2 aromatic carbocycles. The van der Waals surface area contributed by atoms with Crippen molar-refractivity contribution >= 4 is 22.9 Å². The van der Waals surface area contributed by atoms with Gasteiger partial charge in [0.25, 0.3) is 5.91 Å². The predicted octanol–water partition coefficient (Wildman–Crippen LogP) is 6.00. The molecule has 3 aromatic rings. The van der Waals surface area contributed by atoms with Crippen LogP contribution < -0.4 is 11.1 Å². The summed E-state index contributed by atoms with van der Waals surface area (Å²) in [6.45, 7) is 8.42. The number of nitrogens with two attached hydrogens (primary N) is 1. The van der Waals surface area contributed by atoms with E-state index in [1.165, 1.54) is 15.3 Å². The average molecular weight is 393 g/mol. The molecule has 0 saturated carbocycles. The number of rotatable bonds is 6. The van der Waals surface area contributed by atoms with Gasteiger partial charge in [0.15, 0.2) is 0 Å². The van der Waals surface area contributed by atoms with Crippen molar-refractivity contribution in [3.05, 3.63) is 76.2 Å². The molecule has 0 bridgehead atoms. The minimum absolute atomic E-state index is 0.0941. The van der Waals surface area contributed by atoms with Gasteiger partial charge >= 0.3 is 0 Å². The second-order valence-corrected chi connectivity index (χ2v) is 8.93. The van der Waals surface area contributed by atoms with Gasteiger partial charge in [0.05, 0.1) is 6.04 Å². The summed E-state index contributed by atoms with van der Waals surface area (Å²) in [7, 11) is 0.